The number of amides is 1. The first-order chi connectivity index (χ1) is 16.0. The molecule has 0 unspecified atom stereocenters. The number of carbonyl (C=O) groups excluding carboxylic acids is 1. The van der Waals surface area contributed by atoms with Gasteiger partial charge in [-0.1, -0.05) is 78.9 Å². The van der Waals surface area contributed by atoms with Crippen LogP contribution in [0.25, 0.3) is 5.69 Å². The summed E-state index contributed by atoms with van der Waals surface area (Å²) in [4.78, 5) is 11.7. The number of hydrogen-bond donors (Lipinski definition) is 2. The fourth-order valence-electron chi connectivity index (χ4n) is 3.69. The predicted molar refractivity (Wildman–Crippen MR) is 133 cm³/mol. The molecule has 7 nitrogen and oxygen atoms in total. The van der Waals surface area contributed by atoms with Crippen LogP contribution in [0.1, 0.15) is 12.2 Å². The minimum Gasteiger partial charge on any atom is -0.313 e. The van der Waals surface area contributed by atoms with E-state index >= 15 is 0 Å². The maximum absolute atomic E-state index is 14.6. The minimum atomic E-state index is -3.09. The molecule has 1 heterocycles. The molecule has 3 N–H and O–H groups in total. The second kappa shape index (κ2) is 10.1. The van der Waals surface area contributed by atoms with Gasteiger partial charge >= 0.3 is 0 Å². The summed E-state index contributed by atoms with van der Waals surface area (Å²) in [6.07, 6.45) is 0.306. The third kappa shape index (κ3) is 4.88. The molecule has 4 rings (SSSR count). The third-order valence-electron chi connectivity index (χ3n) is 5.34. The summed E-state index contributed by atoms with van der Waals surface area (Å²) in [6, 6.07) is 28.5. The van der Waals surface area contributed by atoms with Crippen molar-refractivity contribution < 1.29 is 9.36 Å². The van der Waals surface area contributed by atoms with E-state index < -0.39 is 7.14 Å². The largest absolute Gasteiger partial charge is 0.313 e. The van der Waals surface area contributed by atoms with Crippen LogP contribution in [0.5, 0.6) is 0 Å². The Labute approximate surface area is 197 Å². The van der Waals surface area contributed by atoms with Gasteiger partial charge in [-0.3, -0.25) is 14.8 Å². The first-order valence-corrected chi connectivity index (χ1v) is 12.8. The molecule has 0 fully saturated rings. The van der Waals surface area contributed by atoms with E-state index in [9.17, 15) is 9.36 Å². The van der Waals surface area contributed by atoms with Gasteiger partial charge in [0.25, 0.3) is 0 Å². The van der Waals surface area contributed by atoms with Gasteiger partial charge in [0.15, 0.2) is 7.14 Å². The highest BCUT2D eigenvalue weighted by Crippen LogP contribution is 2.46. The number of hydrogen-bond acceptors (Lipinski definition) is 5. The Kier molecular flexibility index (Phi) is 6.99. The molecule has 0 saturated carbocycles. The first kappa shape index (κ1) is 22.9. The Morgan fingerprint density at radius 2 is 1.42 bits per heavy atom. The minimum absolute atomic E-state index is 0.130. The Hall–Kier alpha value is -3.32. The average molecular weight is 478 g/mol. The number of hydrazine groups is 1. The van der Waals surface area contributed by atoms with Crippen LogP contribution in [0.2, 0.25) is 0 Å². The maximum Gasteiger partial charge on any atom is 0.235 e. The molecule has 1 amide bonds. The molecule has 0 saturated heterocycles. The van der Waals surface area contributed by atoms with Crippen molar-refractivity contribution in [2.45, 2.75) is 19.1 Å². The Bertz CT molecular complexity index is 1290. The molecule has 0 radical (unpaired) electrons. The van der Waals surface area contributed by atoms with Gasteiger partial charge in [0.1, 0.15) is 5.82 Å². The van der Waals surface area contributed by atoms with Crippen molar-refractivity contribution in [1.29, 1.82) is 0 Å². The summed E-state index contributed by atoms with van der Waals surface area (Å²) >= 11 is 5.72. The van der Waals surface area contributed by atoms with Gasteiger partial charge in [-0.2, -0.15) is 5.10 Å². The molecule has 168 valence electrons. The molecule has 0 aliphatic heterocycles. The number of nitrogens with one attached hydrogen (secondary N) is 1. The van der Waals surface area contributed by atoms with Gasteiger partial charge in [-0.25, -0.2) is 10.5 Å². The molecular weight excluding hydrogens is 453 g/mol. The lowest BCUT2D eigenvalue weighted by Gasteiger charge is -2.19. The van der Waals surface area contributed by atoms with Crippen LogP contribution in [-0.4, -0.2) is 20.3 Å². The lowest BCUT2D eigenvalue weighted by molar-refractivity contribution is -0.121. The predicted octanol–water partition coefficient (Wildman–Crippen LogP) is 3.30. The molecule has 4 aromatic rings. The molecule has 9 heteroatoms. The SMILES string of the molecule is NNC(=O)CCn1nc(CP(=O)(c2ccccc2)c2ccccc2)n(-c2ccccc2)c1=S. The maximum atomic E-state index is 14.6. The number of benzene rings is 3. The number of nitrogens with zero attached hydrogens (tertiary/aromatic N) is 3. The van der Waals surface area contributed by atoms with E-state index in [4.69, 9.17) is 23.2 Å². The van der Waals surface area contributed by atoms with Crippen molar-refractivity contribution in [3.8, 4) is 5.69 Å². The smallest absolute Gasteiger partial charge is 0.235 e. The highest BCUT2D eigenvalue weighted by Gasteiger charge is 2.30. The van der Waals surface area contributed by atoms with E-state index in [0.717, 1.165) is 16.3 Å². The van der Waals surface area contributed by atoms with Crippen molar-refractivity contribution in [2.24, 2.45) is 5.84 Å². The quantitative estimate of drug-likeness (QED) is 0.134. The number of aromatic nitrogens is 3. The van der Waals surface area contributed by atoms with Gasteiger partial charge in [0.2, 0.25) is 10.7 Å². The van der Waals surface area contributed by atoms with Crippen molar-refractivity contribution >= 4 is 35.9 Å². The van der Waals surface area contributed by atoms with Crippen molar-refractivity contribution in [3.05, 3.63) is 102 Å². The van der Waals surface area contributed by atoms with E-state index in [1.807, 2.05) is 95.6 Å². The number of nitrogens with two attached hydrogens (primary N) is 1. The number of rotatable bonds is 8. The van der Waals surface area contributed by atoms with Gasteiger partial charge in [0, 0.05) is 22.7 Å². The Balaban J connectivity index is 1.85. The zero-order valence-corrected chi connectivity index (χ0v) is 19.6. The molecule has 0 bridgehead atoms. The average Bonchev–Trinajstić information content (AvgIpc) is 3.18. The molecule has 33 heavy (non-hydrogen) atoms. The zero-order chi connectivity index (χ0) is 23.3. The first-order valence-electron chi connectivity index (χ1n) is 10.5. The molecular formula is C24H24N5O2PS. The lowest BCUT2D eigenvalue weighted by Crippen LogP contribution is -2.30. The highest BCUT2D eigenvalue weighted by molar-refractivity contribution is 7.78. The summed E-state index contributed by atoms with van der Waals surface area (Å²) in [5, 5.41) is 6.21. The van der Waals surface area contributed by atoms with Crippen LogP contribution in [0.3, 0.4) is 0 Å². The van der Waals surface area contributed by atoms with Crippen LogP contribution in [0, 0.1) is 4.77 Å². The van der Waals surface area contributed by atoms with Gasteiger partial charge < -0.3 is 4.57 Å². The number of carbonyl (C=O) groups is 1. The van der Waals surface area contributed by atoms with Crippen LogP contribution in [-0.2, 0) is 22.1 Å². The Morgan fingerprint density at radius 1 is 0.909 bits per heavy atom. The number of para-hydroxylation sites is 1. The molecule has 0 atom stereocenters. The van der Waals surface area contributed by atoms with Crippen LogP contribution < -0.4 is 21.9 Å². The molecule has 3 aromatic carbocycles. The van der Waals surface area contributed by atoms with E-state index in [0.29, 0.717) is 10.6 Å². The van der Waals surface area contributed by atoms with Gasteiger partial charge in [-0.05, 0) is 24.4 Å². The van der Waals surface area contributed by atoms with Crippen molar-refractivity contribution in [2.75, 3.05) is 0 Å². The zero-order valence-electron chi connectivity index (χ0n) is 17.9. The summed E-state index contributed by atoms with van der Waals surface area (Å²) in [7, 11) is -3.09. The third-order valence-corrected chi connectivity index (χ3v) is 8.73. The van der Waals surface area contributed by atoms with Crippen molar-refractivity contribution in [3.63, 3.8) is 0 Å². The van der Waals surface area contributed by atoms with Crippen LogP contribution in [0.15, 0.2) is 91.0 Å². The normalized spacial score (nSPS) is 11.3. The van der Waals surface area contributed by atoms with E-state index in [-0.39, 0.29) is 25.0 Å². The Morgan fingerprint density at radius 3 is 1.94 bits per heavy atom. The topological polar surface area (TPSA) is 94.9 Å². The summed E-state index contributed by atoms with van der Waals surface area (Å²) in [6.45, 7) is 0.260. The standard InChI is InChI=1S/C24H24N5O2PS/c25-26-23(30)16-17-28-24(33)29(19-10-4-1-5-11-19)22(27-28)18-32(31,20-12-6-2-7-13-20)21-14-8-3-9-15-21/h1-15H,16-18,25H2,(H,26,30). The lowest BCUT2D eigenvalue weighted by atomic mass is 10.3. The van der Waals surface area contributed by atoms with Crippen LogP contribution in [0.4, 0.5) is 0 Å². The fourth-order valence-corrected chi connectivity index (χ4v) is 6.60. The summed E-state index contributed by atoms with van der Waals surface area (Å²) < 4.78 is 18.5. The van der Waals surface area contributed by atoms with Crippen molar-refractivity contribution in [1.82, 2.24) is 19.8 Å². The molecule has 0 aliphatic carbocycles. The second-order valence-electron chi connectivity index (χ2n) is 7.48. The highest BCUT2D eigenvalue weighted by atomic mass is 32.1. The van der Waals surface area contributed by atoms with E-state index in [1.165, 1.54) is 0 Å². The van der Waals surface area contributed by atoms with Gasteiger partial charge in [0.05, 0.1) is 12.7 Å². The molecule has 1 aromatic heterocycles. The second-order valence-corrected chi connectivity index (χ2v) is 10.7. The molecule has 0 spiro atoms. The summed E-state index contributed by atoms with van der Waals surface area (Å²) in [5.74, 6) is 5.47. The number of aryl methyl sites for hydroxylation is 1. The monoisotopic (exact) mass is 477 g/mol. The van der Waals surface area contributed by atoms with Gasteiger partial charge in [-0.15, -0.1) is 0 Å². The summed E-state index contributed by atoms with van der Waals surface area (Å²) in [5.41, 5.74) is 2.94. The van der Waals surface area contributed by atoms with E-state index in [1.54, 1.807) is 4.68 Å². The van der Waals surface area contributed by atoms with E-state index in [2.05, 4.69) is 5.43 Å². The molecule has 0 aliphatic rings. The van der Waals surface area contributed by atoms with Crippen LogP contribution >= 0.6 is 19.4 Å². The fraction of sp³-hybridized carbons (Fsp3) is 0.125.